The normalized spacial score (nSPS) is 12.4. The Kier molecular flexibility index (Phi) is 4.98. The van der Waals surface area contributed by atoms with Crippen LogP contribution in [0.25, 0.3) is 10.1 Å². The van der Waals surface area contributed by atoms with Crippen molar-refractivity contribution in [1.29, 1.82) is 0 Å². The molecular weight excluding hydrogens is 438 g/mol. The molecule has 1 aromatic heterocycles. The first kappa shape index (κ1) is 19.2. The van der Waals surface area contributed by atoms with Gasteiger partial charge < -0.3 is 4.74 Å². The second-order valence-corrected chi connectivity index (χ2v) is 9.10. The lowest BCUT2D eigenvalue weighted by atomic mass is 10.2. The number of amides is 1. The fraction of sp³-hybridized carbons (Fsp3) is 0.0435. The molecule has 5 rings (SSSR count). The summed E-state index contributed by atoms with van der Waals surface area (Å²) in [5.41, 5.74) is 1.56. The zero-order valence-corrected chi connectivity index (χ0v) is 17.9. The highest BCUT2D eigenvalue weighted by atomic mass is 35.5. The Morgan fingerprint density at radius 3 is 2.13 bits per heavy atom. The summed E-state index contributed by atoms with van der Waals surface area (Å²) in [4.78, 5) is 29.6. The van der Waals surface area contributed by atoms with Gasteiger partial charge >= 0.3 is 5.97 Å². The van der Waals surface area contributed by atoms with Crippen LogP contribution in [0.5, 0.6) is 0 Å². The van der Waals surface area contributed by atoms with E-state index in [1.807, 2.05) is 72.8 Å². The summed E-state index contributed by atoms with van der Waals surface area (Å²) in [5.74, 6) is -0.914. The van der Waals surface area contributed by atoms with Crippen LogP contribution in [0.1, 0.15) is 9.67 Å². The Morgan fingerprint density at radius 2 is 1.47 bits per heavy atom. The maximum absolute atomic E-state index is 13.1. The molecular formula is C23H14ClNO3S2. The number of para-hydroxylation sites is 2. The van der Waals surface area contributed by atoms with Gasteiger partial charge in [-0.2, -0.15) is 0 Å². The van der Waals surface area contributed by atoms with Crippen LogP contribution in [0.3, 0.4) is 0 Å². The highest BCUT2D eigenvalue weighted by Gasteiger charge is 2.29. The highest BCUT2D eigenvalue weighted by molar-refractivity contribution is 7.99. The highest BCUT2D eigenvalue weighted by Crippen LogP contribution is 2.47. The Hall–Kier alpha value is -2.80. The van der Waals surface area contributed by atoms with Gasteiger partial charge in [0.1, 0.15) is 4.88 Å². The molecule has 30 heavy (non-hydrogen) atoms. The molecule has 0 radical (unpaired) electrons. The first-order valence-electron chi connectivity index (χ1n) is 9.16. The minimum atomic E-state index is -0.595. The number of rotatable bonds is 3. The molecule has 148 valence electrons. The van der Waals surface area contributed by atoms with E-state index < -0.39 is 5.97 Å². The van der Waals surface area contributed by atoms with Gasteiger partial charge in [-0.3, -0.25) is 9.69 Å². The quantitative estimate of drug-likeness (QED) is 0.332. The largest absolute Gasteiger partial charge is 0.451 e. The monoisotopic (exact) mass is 451 g/mol. The van der Waals surface area contributed by atoms with E-state index in [1.165, 1.54) is 11.3 Å². The van der Waals surface area contributed by atoms with Crippen molar-refractivity contribution >= 4 is 68.0 Å². The van der Waals surface area contributed by atoms with E-state index >= 15 is 0 Å². The van der Waals surface area contributed by atoms with Crippen LogP contribution in [0.4, 0.5) is 11.4 Å². The third-order valence-electron chi connectivity index (χ3n) is 4.73. The first-order valence-corrected chi connectivity index (χ1v) is 11.2. The summed E-state index contributed by atoms with van der Waals surface area (Å²) in [6.07, 6.45) is 0. The lowest BCUT2D eigenvalue weighted by Gasteiger charge is -2.30. The second-order valence-electron chi connectivity index (χ2n) is 6.58. The smallest absolute Gasteiger partial charge is 0.350 e. The average molecular weight is 452 g/mol. The van der Waals surface area contributed by atoms with Gasteiger partial charge in [0.15, 0.2) is 6.61 Å². The van der Waals surface area contributed by atoms with Crippen LogP contribution >= 0.6 is 34.7 Å². The number of halogens is 1. The molecule has 2 heterocycles. The van der Waals surface area contributed by atoms with Gasteiger partial charge in [-0.1, -0.05) is 65.8 Å². The standard InChI is InChI=1S/C23H14ClNO3S2/c24-21-14-7-1-4-10-17(14)30-22(21)23(27)28-13-20(26)25-15-8-2-5-11-18(15)29-19-12-6-3-9-16(19)25/h1-12H,13H2. The predicted molar refractivity (Wildman–Crippen MR) is 121 cm³/mol. The minimum absolute atomic E-state index is 0.306. The molecule has 0 saturated heterocycles. The molecule has 0 aliphatic carbocycles. The van der Waals surface area contributed by atoms with Crippen molar-refractivity contribution in [2.75, 3.05) is 11.5 Å². The maximum Gasteiger partial charge on any atom is 0.350 e. The number of ether oxygens (including phenoxy) is 1. The molecule has 4 nitrogen and oxygen atoms in total. The van der Waals surface area contributed by atoms with Crippen molar-refractivity contribution in [3.05, 3.63) is 82.7 Å². The number of hydrogen-bond donors (Lipinski definition) is 0. The van der Waals surface area contributed by atoms with E-state index in [9.17, 15) is 9.59 Å². The van der Waals surface area contributed by atoms with Crippen LogP contribution in [0.15, 0.2) is 82.6 Å². The summed E-state index contributed by atoms with van der Waals surface area (Å²) in [6, 6.07) is 22.9. The number of nitrogens with zero attached hydrogens (tertiary/aromatic N) is 1. The number of esters is 1. The van der Waals surface area contributed by atoms with Gasteiger partial charge in [0, 0.05) is 19.9 Å². The summed E-state index contributed by atoms with van der Waals surface area (Å²) >= 11 is 9.23. The summed E-state index contributed by atoms with van der Waals surface area (Å²) in [6.45, 7) is -0.378. The number of fused-ring (bicyclic) bond motifs is 3. The van der Waals surface area contributed by atoms with Gasteiger partial charge in [0.2, 0.25) is 0 Å². The molecule has 7 heteroatoms. The lowest BCUT2D eigenvalue weighted by Crippen LogP contribution is -2.32. The van der Waals surface area contributed by atoms with Crippen LogP contribution in [0.2, 0.25) is 5.02 Å². The summed E-state index contributed by atoms with van der Waals surface area (Å²) in [7, 11) is 0. The molecule has 3 aromatic carbocycles. The van der Waals surface area contributed by atoms with E-state index in [0.717, 1.165) is 31.3 Å². The molecule has 1 aliphatic heterocycles. The maximum atomic E-state index is 13.1. The van der Waals surface area contributed by atoms with E-state index in [4.69, 9.17) is 16.3 Å². The predicted octanol–water partition coefficient (Wildman–Crippen LogP) is 6.54. The fourth-order valence-electron chi connectivity index (χ4n) is 3.38. The van der Waals surface area contributed by atoms with Crippen molar-refractivity contribution in [3.63, 3.8) is 0 Å². The number of carbonyl (C=O) groups is 2. The molecule has 0 unspecified atom stereocenters. The zero-order chi connectivity index (χ0) is 20.7. The van der Waals surface area contributed by atoms with Crippen LogP contribution < -0.4 is 4.90 Å². The van der Waals surface area contributed by atoms with E-state index in [1.54, 1.807) is 16.7 Å². The Balaban J connectivity index is 1.41. The topological polar surface area (TPSA) is 46.6 Å². The summed E-state index contributed by atoms with van der Waals surface area (Å²) < 4.78 is 6.27. The van der Waals surface area contributed by atoms with Crippen LogP contribution in [0, 0.1) is 0 Å². The molecule has 0 saturated carbocycles. The van der Waals surface area contributed by atoms with Crippen molar-refractivity contribution in [2.24, 2.45) is 0 Å². The molecule has 0 bridgehead atoms. The first-order chi connectivity index (χ1) is 14.6. The average Bonchev–Trinajstić information content (AvgIpc) is 3.12. The zero-order valence-electron chi connectivity index (χ0n) is 15.5. The SMILES string of the molecule is O=C(OCC(=O)N1c2ccccc2Sc2ccccc21)c1sc2ccccc2c1Cl. The number of thiophene rings is 1. The van der Waals surface area contributed by atoms with E-state index in [0.29, 0.717) is 9.90 Å². The van der Waals surface area contributed by atoms with Gasteiger partial charge in [-0.05, 0) is 30.3 Å². The van der Waals surface area contributed by atoms with Crippen molar-refractivity contribution < 1.29 is 14.3 Å². The number of hydrogen-bond acceptors (Lipinski definition) is 5. The van der Waals surface area contributed by atoms with E-state index in [2.05, 4.69) is 0 Å². The molecule has 0 N–H and O–H groups in total. The molecule has 1 amide bonds. The fourth-order valence-corrected chi connectivity index (χ4v) is 5.84. The minimum Gasteiger partial charge on any atom is -0.451 e. The van der Waals surface area contributed by atoms with Crippen LogP contribution in [-0.2, 0) is 9.53 Å². The third-order valence-corrected chi connectivity index (χ3v) is 7.51. The van der Waals surface area contributed by atoms with Gasteiger partial charge in [0.25, 0.3) is 5.91 Å². The van der Waals surface area contributed by atoms with Crippen molar-refractivity contribution in [3.8, 4) is 0 Å². The van der Waals surface area contributed by atoms with Gasteiger partial charge in [0.05, 0.1) is 16.4 Å². The lowest BCUT2D eigenvalue weighted by molar-refractivity contribution is -0.121. The van der Waals surface area contributed by atoms with Crippen LogP contribution in [-0.4, -0.2) is 18.5 Å². The number of carbonyl (C=O) groups excluding carboxylic acids is 2. The summed E-state index contributed by atoms with van der Waals surface area (Å²) in [5, 5.41) is 1.16. The Labute approximate surface area is 186 Å². The third kappa shape index (κ3) is 3.27. The Bertz CT molecular complexity index is 1260. The van der Waals surface area contributed by atoms with E-state index in [-0.39, 0.29) is 12.5 Å². The Morgan fingerprint density at radius 1 is 0.867 bits per heavy atom. The molecule has 4 aromatic rings. The number of anilines is 2. The molecule has 0 atom stereocenters. The number of benzene rings is 3. The molecule has 0 spiro atoms. The second kappa shape index (κ2) is 7.80. The molecule has 1 aliphatic rings. The van der Waals surface area contributed by atoms with Gasteiger partial charge in [-0.25, -0.2) is 4.79 Å². The molecule has 0 fully saturated rings. The van der Waals surface area contributed by atoms with Crippen molar-refractivity contribution in [1.82, 2.24) is 0 Å². The van der Waals surface area contributed by atoms with Crippen molar-refractivity contribution in [2.45, 2.75) is 9.79 Å². The van der Waals surface area contributed by atoms with Gasteiger partial charge in [-0.15, -0.1) is 11.3 Å².